The maximum absolute atomic E-state index is 12.0. The van der Waals surface area contributed by atoms with Crippen molar-refractivity contribution < 1.29 is 8.42 Å². The van der Waals surface area contributed by atoms with Crippen LogP contribution in [0, 0.1) is 0 Å². The number of unbranched alkanes of at least 4 members (excludes halogenated alkanes) is 1. The molecule has 0 fully saturated rings. The fourth-order valence-electron chi connectivity index (χ4n) is 1.88. The Bertz CT molecular complexity index is 589. The summed E-state index contributed by atoms with van der Waals surface area (Å²) in [5, 5.41) is 4.95. The van der Waals surface area contributed by atoms with Crippen LogP contribution in [0.2, 0.25) is 0 Å². The van der Waals surface area contributed by atoms with E-state index in [0.29, 0.717) is 10.8 Å². The number of nitrogens with one attached hydrogen (secondary N) is 2. The molecular formula is C15H27IN4O2S2. The minimum atomic E-state index is -3.41. The zero-order valence-electron chi connectivity index (χ0n) is 14.2. The highest BCUT2D eigenvalue weighted by Crippen LogP contribution is 2.14. The standard InChI is InChI=1S/C15H26N4O2S2.HI/c1-4-6-7-12-19(3)15(16-5-2)17-10-11-18-23(20,21)14-9-8-13-22-14;/h4,8-9,13,18H,1,5-7,10-12H2,2-3H3,(H,16,17);1H. The number of rotatable bonds is 10. The second-order valence-corrected chi connectivity index (χ2v) is 7.86. The molecule has 0 aliphatic heterocycles. The van der Waals surface area contributed by atoms with Crippen molar-refractivity contribution in [3.05, 3.63) is 30.2 Å². The first-order chi connectivity index (χ1) is 11.0. The first kappa shape index (κ1) is 23.4. The van der Waals surface area contributed by atoms with Gasteiger partial charge < -0.3 is 10.2 Å². The zero-order chi connectivity index (χ0) is 17.1. The highest BCUT2D eigenvalue weighted by atomic mass is 127. The highest BCUT2D eigenvalue weighted by Gasteiger charge is 2.13. The number of guanidine groups is 1. The molecule has 0 bridgehead atoms. The lowest BCUT2D eigenvalue weighted by atomic mass is 10.3. The van der Waals surface area contributed by atoms with Crippen molar-refractivity contribution in [1.29, 1.82) is 0 Å². The molecule has 0 saturated heterocycles. The molecule has 0 aliphatic rings. The monoisotopic (exact) mass is 486 g/mol. The van der Waals surface area contributed by atoms with Crippen molar-refractivity contribution >= 4 is 51.3 Å². The van der Waals surface area contributed by atoms with Gasteiger partial charge in [0, 0.05) is 26.7 Å². The van der Waals surface area contributed by atoms with E-state index in [1.807, 2.05) is 24.9 Å². The molecule has 1 heterocycles. The number of nitrogens with zero attached hydrogens (tertiary/aromatic N) is 2. The Morgan fingerprint density at radius 1 is 1.50 bits per heavy atom. The Balaban J connectivity index is 0.00000529. The summed E-state index contributed by atoms with van der Waals surface area (Å²) >= 11 is 1.20. The van der Waals surface area contributed by atoms with Crippen LogP contribution in [-0.4, -0.2) is 52.5 Å². The van der Waals surface area contributed by atoms with Crippen molar-refractivity contribution in [1.82, 2.24) is 14.9 Å². The summed E-state index contributed by atoms with van der Waals surface area (Å²) in [5.74, 6) is 0.784. The molecule has 0 radical (unpaired) electrons. The normalized spacial score (nSPS) is 11.7. The summed E-state index contributed by atoms with van der Waals surface area (Å²) in [6.07, 6.45) is 3.87. The summed E-state index contributed by atoms with van der Waals surface area (Å²) in [7, 11) is -1.44. The van der Waals surface area contributed by atoms with Crippen LogP contribution >= 0.6 is 35.3 Å². The molecule has 0 aliphatic carbocycles. The van der Waals surface area contributed by atoms with Crippen LogP contribution in [0.5, 0.6) is 0 Å². The number of halogens is 1. The van der Waals surface area contributed by atoms with Gasteiger partial charge in [-0.1, -0.05) is 12.1 Å². The van der Waals surface area contributed by atoms with Gasteiger partial charge in [-0.2, -0.15) is 0 Å². The number of hydrogen-bond donors (Lipinski definition) is 2. The van der Waals surface area contributed by atoms with Crippen molar-refractivity contribution in [2.75, 3.05) is 33.2 Å². The first-order valence-corrected chi connectivity index (χ1v) is 10.0. The number of aliphatic imine (C=N–C) groups is 1. The van der Waals surface area contributed by atoms with Crippen LogP contribution < -0.4 is 10.0 Å². The van der Waals surface area contributed by atoms with E-state index in [0.717, 1.165) is 31.9 Å². The van der Waals surface area contributed by atoms with Gasteiger partial charge in [0.1, 0.15) is 4.21 Å². The third-order valence-corrected chi connectivity index (χ3v) is 5.88. The molecular weight excluding hydrogens is 459 g/mol. The van der Waals surface area contributed by atoms with Gasteiger partial charge in [-0.3, -0.25) is 4.99 Å². The fourth-order valence-corrected chi connectivity index (χ4v) is 3.94. The number of hydrogen-bond acceptors (Lipinski definition) is 4. The minimum absolute atomic E-state index is 0. The van der Waals surface area contributed by atoms with Gasteiger partial charge in [0.05, 0.1) is 6.54 Å². The van der Waals surface area contributed by atoms with E-state index in [1.165, 1.54) is 11.3 Å². The van der Waals surface area contributed by atoms with Gasteiger partial charge in [0.25, 0.3) is 0 Å². The molecule has 0 unspecified atom stereocenters. The summed E-state index contributed by atoms with van der Waals surface area (Å²) in [6, 6.07) is 3.31. The molecule has 0 spiro atoms. The highest BCUT2D eigenvalue weighted by molar-refractivity contribution is 14.0. The third-order valence-electron chi connectivity index (χ3n) is 3.02. The summed E-state index contributed by atoms with van der Waals surface area (Å²) in [6.45, 7) is 8.03. The molecule has 0 saturated carbocycles. The van der Waals surface area contributed by atoms with Crippen LogP contribution in [0.25, 0.3) is 0 Å². The van der Waals surface area contributed by atoms with E-state index >= 15 is 0 Å². The minimum Gasteiger partial charge on any atom is -0.357 e. The Morgan fingerprint density at radius 2 is 2.25 bits per heavy atom. The molecule has 9 heteroatoms. The Hall–Kier alpha value is -0.650. The SMILES string of the molecule is C=CCCCN(C)C(=NCCNS(=O)(=O)c1cccs1)NCC.I. The zero-order valence-corrected chi connectivity index (χ0v) is 18.2. The molecule has 0 atom stereocenters. The van der Waals surface area contributed by atoms with Gasteiger partial charge in [-0.05, 0) is 31.2 Å². The van der Waals surface area contributed by atoms with Crippen LogP contribution in [0.15, 0.2) is 39.4 Å². The van der Waals surface area contributed by atoms with Crippen LogP contribution in [0.3, 0.4) is 0 Å². The molecule has 2 N–H and O–H groups in total. The maximum atomic E-state index is 12.0. The van der Waals surface area contributed by atoms with Crippen LogP contribution in [-0.2, 0) is 10.0 Å². The van der Waals surface area contributed by atoms with Gasteiger partial charge >= 0.3 is 0 Å². The molecule has 6 nitrogen and oxygen atoms in total. The molecule has 138 valence electrons. The Kier molecular flexibility index (Phi) is 12.3. The topological polar surface area (TPSA) is 73.8 Å². The van der Waals surface area contributed by atoms with Gasteiger partial charge in [0.2, 0.25) is 10.0 Å². The second-order valence-electron chi connectivity index (χ2n) is 4.92. The summed E-state index contributed by atoms with van der Waals surface area (Å²) in [4.78, 5) is 6.50. The number of thiophene rings is 1. The predicted molar refractivity (Wildman–Crippen MR) is 113 cm³/mol. The van der Waals surface area contributed by atoms with Gasteiger partial charge in [0.15, 0.2) is 5.96 Å². The van der Waals surface area contributed by atoms with E-state index < -0.39 is 10.0 Å². The maximum Gasteiger partial charge on any atom is 0.250 e. The fraction of sp³-hybridized carbons (Fsp3) is 0.533. The molecule has 1 aromatic rings. The number of allylic oxidation sites excluding steroid dienone is 1. The summed E-state index contributed by atoms with van der Waals surface area (Å²) in [5.41, 5.74) is 0. The van der Waals surface area contributed by atoms with Crippen molar-refractivity contribution in [3.8, 4) is 0 Å². The van der Waals surface area contributed by atoms with E-state index in [4.69, 9.17) is 0 Å². The van der Waals surface area contributed by atoms with Crippen LogP contribution in [0.4, 0.5) is 0 Å². The largest absolute Gasteiger partial charge is 0.357 e. The Morgan fingerprint density at radius 3 is 2.83 bits per heavy atom. The quantitative estimate of drug-likeness (QED) is 0.175. The van der Waals surface area contributed by atoms with E-state index in [2.05, 4.69) is 21.6 Å². The predicted octanol–water partition coefficient (Wildman–Crippen LogP) is 2.51. The van der Waals surface area contributed by atoms with E-state index in [9.17, 15) is 8.42 Å². The molecule has 0 aromatic carbocycles. The molecule has 1 rings (SSSR count). The smallest absolute Gasteiger partial charge is 0.250 e. The van der Waals surface area contributed by atoms with E-state index in [-0.39, 0.29) is 30.5 Å². The van der Waals surface area contributed by atoms with Gasteiger partial charge in [-0.15, -0.1) is 41.9 Å². The average molecular weight is 486 g/mol. The van der Waals surface area contributed by atoms with Crippen LogP contribution in [0.1, 0.15) is 19.8 Å². The lowest BCUT2D eigenvalue weighted by Gasteiger charge is -2.21. The lowest BCUT2D eigenvalue weighted by molar-refractivity contribution is 0.470. The van der Waals surface area contributed by atoms with Crippen molar-refractivity contribution in [3.63, 3.8) is 0 Å². The van der Waals surface area contributed by atoms with Crippen molar-refractivity contribution in [2.24, 2.45) is 4.99 Å². The second kappa shape index (κ2) is 12.7. The molecule has 24 heavy (non-hydrogen) atoms. The van der Waals surface area contributed by atoms with Gasteiger partial charge in [-0.25, -0.2) is 13.1 Å². The lowest BCUT2D eigenvalue weighted by Crippen LogP contribution is -2.40. The molecule has 0 amide bonds. The first-order valence-electron chi connectivity index (χ1n) is 7.64. The Labute approximate surface area is 166 Å². The third kappa shape index (κ3) is 8.45. The summed E-state index contributed by atoms with van der Waals surface area (Å²) < 4.78 is 26.9. The average Bonchev–Trinajstić information content (AvgIpc) is 3.05. The molecule has 1 aromatic heterocycles. The van der Waals surface area contributed by atoms with Crippen molar-refractivity contribution in [2.45, 2.75) is 24.0 Å². The number of sulfonamides is 1. The van der Waals surface area contributed by atoms with E-state index in [1.54, 1.807) is 17.5 Å².